The van der Waals surface area contributed by atoms with Crippen LogP contribution in [0.3, 0.4) is 0 Å². The second-order valence-electron chi connectivity index (χ2n) is 2.45. The Morgan fingerprint density at radius 2 is 2.33 bits per heavy atom. The van der Waals surface area contributed by atoms with Crippen LogP contribution >= 0.6 is 0 Å². The summed E-state index contributed by atoms with van der Waals surface area (Å²) in [5.41, 5.74) is 1.02. The number of aromatic nitrogens is 1. The topological polar surface area (TPSA) is 42.0 Å². The third-order valence-corrected chi connectivity index (χ3v) is 1.22. The van der Waals surface area contributed by atoms with Crippen LogP contribution in [0.25, 0.3) is 0 Å². The lowest BCUT2D eigenvalue weighted by molar-refractivity contribution is 0.0961. The van der Waals surface area contributed by atoms with Crippen molar-refractivity contribution >= 4 is 5.91 Å². The third-order valence-electron chi connectivity index (χ3n) is 1.22. The van der Waals surface area contributed by atoms with Crippen LogP contribution in [-0.2, 0) is 0 Å². The van der Waals surface area contributed by atoms with Crippen LogP contribution in [0.1, 0.15) is 17.4 Å². The Hall–Kier alpha value is -1.64. The molecular weight excluding hydrogens is 152 g/mol. The minimum absolute atomic E-state index is 0.219. The molecule has 0 saturated heterocycles. The second-order valence-corrected chi connectivity index (χ2v) is 2.45. The van der Waals surface area contributed by atoms with Gasteiger partial charge in [0.2, 0.25) is 0 Å². The van der Waals surface area contributed by atoms with E-state index in [0.717, 1.165) is 0 Å². The quantitative estimate of drug-likeness (QED) is 0.713. The minimum atomic E-state index is -0.219. The average Bonchev–Trinajstić information content (AvgIpc) is 2.05. The number of amides is 1. The van der Waals surface area contributed by atoms with Gasteiger partial charge < -0.3 is 5.32 Å². The van der Waals surface area contributed by atoms with Gasteiger partial charge in [0.05, 0.1) is 0 Å². The smallest absolute Gasteiger partial charge is 0.273 e. The molecule has 3 heteroatoms. The van der Waals surface area contributed by atoms with Crippen LogP contribution in [0.15, 0.2) is 36.7 Å². The molecular formula is C9H10N2O. The number of carbonyl (C=O) groups excluding carboxylic acids is 1. The first-order valence-corrected chi connectivity index (χ1v) is 3.58. The van der Waals surface area contributed by atoms with Crippen molar-refractivity contribution in [3.8, 4) is 0 Å². The zero-order valence-corrected chi connectivity index (χ0v) is 6.87. The van der Waals surface area contributed by atoms with Crippen molar-refractivity contribution in [3.63, 3.8) is 0 Å². The highest BCUT2D eigenvalue weighted by molar-refractivity contribution is 5.93. The van der Waals surface area contributed by atoms with Gasteiger partial charge in [-0.05, 0) is 19.1 Å². The molecule has 0 fully saturated rings. The normalized spacial score (nSPS) is 9.08. The Morgan fingerprint density at radius 1 is 1.58 bits per heavy atom. The molecule has 1 N–H and O–H groups in total. The fourth-order valence-electron chi connectivity index (χ4n) is 0.755. The second kappa shape index (κ2) is 3.67. The summed E-state index contributed by atoms with van der Waals surface area (Å²) in [6, 6.07) is 5.18. The molecule has 1 aromatic rings. The highest BCUT2D eigenvalue weighted by atomic mass is 16.1. The number of carbonyl (C=O) groups is 1. The molecule has 0 radical (unpaired) electrons. The lowest BCUT2D eigenvalue weighted by Gasteiger charge is -2.01. The summed E-state index contributed by atoms with van der Waals surface area (Å²) in [4.78, 5) is 15.1. The van der Waals surface area contributed by atoms with E-state index in [2.05, 4.69) is 16.9 Å². The van der Waals surface area contributed by atoms with E-state index in [0.29, 0.717) is 11.4 Å². The van der Waals surface area contributed by atoms with Gasteiger partial charge in [-0.15, -0.1) is 0 Å². The van der Waals surface area contributed by atoms with Crippen LogP contribution < -0.4 is 5.32 Å². The van der Waals surface area contributed by atoms with Gasteiger partial charge in [-0.1, -0.05) is 12.6 Å². The summed E-state index contributed by atoms with van der Waals surface area (Å²) in [7, 11) is 0. The molecule has 0 spiro atoms. The summed E-state index contributed by atoms with van der Waals surface area (Å²) < 4.78 is 0. The summed E-state index contributed by atoms with van der Waals surface area (Å²) in [5, 5.41) is 2.56. The van der Waals surface area contributed by atoms with Gasteiger partial charge in [-0.25, -0.2) is 0 Å². The van der Waals surface area contributed by atoms with Crippen molar-refractivity contribution in [1.82, 2.24) is 10.3 Å². The van der Waals surface area contributed by atoms with Gasteiger partial charge in [0.1, 0.15) is 5.69 Å². The van der Waals surface area contributed by atoms with Crippen molar-refractivity contribution in [2.45, 2.75) is 6.92 Å². The first kappa shape index (κ1) is 8.46. The first-order valence-electron chi connectivity index (χ1n) is 3.58. The number of nitrogens with zero attached hydrogens (tertiary/aromatic N) is 1. The molecule has 0 atom stereocenters. The maximum absolute atomic E-state index is 11.2. The summed E-state index contributed by atoms with van der Waals surface area (Å²) >= 11 is 0. The largest absolute Gasteiger partial charge is 0.325 e. The Labute approximate surface area is 71.1 Å². The van der Waals surface area contributed by atoms with E-state index in [1.807, 2.05) is 0 Å². The Kier molecular flexibility index (Phi) is 2.58. The molecule has 1 aromatic heterocycles. The maximum atomic E-state index is 11.2. The Bertz CT molecular complexity index is 293. The molecule has 0 aromatic carbocycles. The Morgan fingerprint density at radius 3 is 2.83 bits per heavy atom. The monoisotopic (exact) mass is 162 g/mol. The highest BCUT2D eigenvalue weighted by Crippen LogP contribution is 1.93. The first-order chi connectivity index (χ1) is 5.70. The van der Waals surface area contributed by atoms with E-state index < -0.39 is 0 Å². The lowest BCUT2D eigenvalue weighted by Crippen LogP contribution is -2.21. The predicted octanol–water partition coefficient (Wildman–Crippen LogP) is 1.34. The number of nitrogens with one attached hydrogen (secondary N) is 1. The van der Waals surface area contributed by atoms with E-state index in [9.17, 15) is 4.79 Å². The molecule has 0 aliphatic rings. The number of hydrogen-bond acceptors (Lipinski definition) is 2. The molecule has 0 aliphatic carbocycles. The molecule has 0 aliphatic heterocycles. The number of allylic oxidation sites excluding steroid dienone is 1. The van der Waals surface area contributed by atoms with Gasteiger partial charge in [0.25, 0.3) is 5.91 Å². The van der Waals surface area contributed by atoms with Crippen LogP contribution in [0.2, 0.25) is 0 Å². The van der Waals surface area contributed by atoms with Gasteiger partial charge in [-0.2, -0.15) is 0 Å². The van der Waals surface area contributed by atoms with Crippen LogP contribution in [0, 0.1) is 0 Å². The van der Waals surface area contributed by atoms with Gasteiger partial charge in [0.15, 0.2) is 0 Å². The fourth-order valence-corrected chi connectivity index (χ4v) is 0.755. The van der Waals surface area contributed by atoms with Crippen molar-refractivity contribution in [3.05, 3.63) is 42.4 Å². The predicted molar refractivity (Wildman–Crippen MR) is 46.5 cm³/mol. The summed E-state index contributed by atoms with van der Waals surface area (Å²) in [6.07, 6.45) is 1.58. The maximum Gasteiger partial charge on any atom is 0.273 e. The molecule has 0 saturated carbocycles. The van der Waals surface area contributed by atoms with E-state index in [4.69, 9.17) is 0 Å². The van der Waals surface area contributed by atoms with E-state index in [1.165, 1.54) is 0 Å². The molecule has 62 valence electrons. The number of hydrogen-bond donors (Lipinski definition) is 1. The zero-order valence-electron chi connectivity index (χ0n) is 6.87. The lowest BCUT2D eigenvalue weighted by atomic mass is 10.3. The van der Waals surface area contributed by atoms with E-state index in [-0.39, 0.29) is 5.91 Å². The number of rotatable bonds is 2. The Balaban J connectivity index is 2.73. The van der Waals surface area contributed by atoms with Crippen molar-refractivity contribution < 1.29 is 4.79 Å². The number of pyridine rings is 1. The van der Waals surface area contributed by atoms with Gasteiger partial charge in [-0.3, -0.25) is 9.78 Å². The van der Waals surface area contributed by atoms with Crippen molar-refractivity contribution in [1.29, 1.82) is 0 Å². The van der Waals surface area contributed by atoms with Crippen LogP contribution in [0.4, 0.5) is 0 Å². The zero-order chi connectivity index (χ0) is 8.97. The highest BCUT2D eigenvalue weighted by Gasteiger charge is 2.03. The standard InChI is InChI=1S/C9H10N2O/c1-7(2)11-9(12)8-5-3-4-6-10-8/h3-6H,1H2,2H3,(H,11,12). The molecule has 0 bridgehead atoms. The minimum Gasteiger partial charge on any atom is -0.325 e. The summed E-state index contributed by atoms with van der Waals surface area (Å²) in [5.74, 6) is -0.219. The molecule has 0 unspecified atom stereocenters. The van der Waals surface area contributed by atoms with E-state index in [1.54, 1.807) is 31.3 Å². The van der Waals surface area contributed by atoms with Crippen molar-refractivity contribution in [2.75, 3.05) is 0 Å². The van der Waals surface area contributed by atoms with Gasteiger partial charge >= 0.3 is 0 Å². The molecule has 12 heavy (non-hydrogen) atoms. The molecule has 1 rings (SSSR count). The average molecular weight is 162 g/mol. The molecule has 1 heterocycles. The SMILES string of the molecule is C=C(C)NC(=O)c1ccccn1. The fraction of sp³-hybridized carbons (Fsp3) is 0.111. The molecule has 3 nitrogen and oxygen atoms in total. The van der Waals surface area contributed by atoms with Crippen LogP contribution in [0.5, 0.6) is 0 Å². The third kappa shape index (κ3) is 2.20. The summed E-state index contributed by atoms with van der Waals surface area (Å²) in [6.45, 7) is 5.28. The van der Waals surface area contributed by atoms with Crippen LogP contribution in [-0.4, -0.2) is 10.9 Å². The van der Waals surface area contributed by atoms with Crippen molar-refractivity contribution in [2.24, 2.45) is 0 Å². The van der Waals surface area contributed by atoms with E-state index >= 15 is 0 Å². The van der Waals surface area contributed by atoms with Gasteiger partial charge in [0, 0.05) is 11.9 Å². The molecule has 1 amide bonds.